The number of hydrogen-bond donors (Lipinski definition) is 2. The van der Waals surface area contributed by atoms with Gasteiger partial charge in [0.05, 0.1) is 7.11 Å². The maximum Gasteiger partial charge on any atom is 0.305 e. The molecule has 0 aliphatic carbocycles. The minimum atomic E-state index is -0.467. The van der Waals surface area contributed by atoms with Gasteiger partial charge in [0.2, 0.25) is 11.8 Å². The second kappa shape index (κ2) is 8.34. The molecule has 8 nitrogen and oxygen atoms in total. The Morgan fingerprint density at radius 2 is 2.15 bits per heavy atom. The smallest absolute Gasteiger partial charge is 0.305 e. The highest BCUT2D eigenvalue weighted by atomic mass is 79.9. The number of hydrogen-bond acceptors (Lipinski definition) is 7. The van der Waals surface area contributed by atoms with Crippen LogP contribution in [0.2, 0.25) is 0 Å². The van der Waals surface area contributed by atoms with Crippen LogP contribution in [0.5, 0.6) is 11.6 Å². The van der Waals surface area contributed by atoms with Crippen LogP contribution in [0.25, 0.3) is 0 Å². The van der Waals surface area contributed by atoms with Gasteiger partial charge in [0, 0.05) is 16.7 Å². The molecule has 26 heavy (non-hydrogen) atoms. The Bertz CT molecular complexity index is 900. The van der Waals surface area contributed by atoms with Crippen LogP contribution < -0.4 is 20.3 Å². The molecule has 3 aromatic rings. The van der Waals surface area contributed by atoms with Gasteiger partial charge in [0.15, 0.2) is 5.76 Å². The van der Waals surface area contributed by atoms with Crippen molar-refractivity contribution in [2.45, 2.75) is 6.61 Å². The van der Waals surface area contributed by atoms with Gasteiger partial charge in [0.25, 0.3) is 0 Å². The third-order valence-corrected chi connectivity index (χ3v) is 3.68. The molecule has 0 atom stereocenters. The first-order valence-corrected chi connectivity index (χ1v) is 8.34. The Morgan fingerprint density at radius 3 is 2.96 bits per heavy atom. The molecule has 0 aliphatic rings. The van der Waals surface area contributed by atoms with E-state index in [9.17, 15) is 4.79 Å². The summed E-state index contributed by atoms with van der Waals surface area (Å²) in [6, 6.07) is 12.3. The number of methoxy groups -OCH3 is 1. The summed E-state index contributed by atoms with van der Waals surface area (Å²) in [5.74, 6) is 1.45. The van der Waals surface area contributed by atoms with Gasteiger partial charge in [-0.2, -0.15) is 4.98 Å². The number of ether oxygens (including phenoxy) is 2. The van der Waals surface area contributed by atoms with Crippen LogP contribution in [-0.4, -0.2) is 23.0 Å². The van der Waals surface area contributed by atoms with Crippen molar-refractivity contribution < 1.29 is 18.7 Å². The predicted molar refractivity (Wildman–Crippen MR) is 96.9 cm³/mol. The Labute approximate surface area is 157 Å². The van der Waals surface area contributed by atoms with Gasteiger partial charge in [-0.25, -0.2) is 4.98 Å². The van der Waals surface area contributed by atoms with Gasteiger partial charge < -0.3 is 13.9 Å². The topological polar surface area (TPSA) is 98.5 Å². The van der Waals surface area contributed by atoms with Gasteiger partial charge in [-0.15, -0.1) is 0 Å². The lowest BCUT2D eigenvalue weighted by Gasteiger charge is -2.06. The number of amides is 1. The molecule has 2 heterocycles. The Hall–Kier alpha value is -3.07. The predicted octanol–water partition coefficient (Wildman–Crippen LogP) is 3.18. The molecule has 3 rings (SSSR count). The van der Waals surface area contributed by atoms with Gasteiger partial charge in [0.1, 0.15) is 18.1 Å². The van der Waals surface area contributed by atoms with E-state index in [-0.39, 0.29) is 18.3 Å². The summed E-state index contributed by atoms with van der Waals surface area (Å²) in [6.45, 7) is 0.205. The van der Waals surface area contributed by atoms with E-state index < -0.39 is 5.91 Å². The van der Waals surface area contributed by atoms with Crippen LogP contribution in [0, 0.1) is 0 Å². The first-order valence-electron chi connectivity index (χ1n) is 7.54. The Balaban J connectivity index is 1.54. The molecule has 1 amide bonds. The summed E-state index contributed by atoms with van der Waals surface area (Å²) < 4.78 is 17.0. The standard InChI is InChI=1S/C17H15BrN4O4/c1-24-15-7-8-19-17(20-15)22-21-16(23)14-6-5-13(26-14)10-25-12-4-2-3-11(18)9-12/h2-9H,10H2,1H3,(H,21,23)(H,19,20,22). The number of halogens is 1. The third-order valence-electron chi connectivity index (χ3n) is 3.19. The number of furan rings is 1. The lowest BCUT2D eigenvalue weighted by atomic mass is 10.3. The first kappa shape index (κ1) is 17.7. The molecule has 0 saturated carbocycles. The minimum Gasteiger partial charge on any atom is -0.486 e. The van der Waals surface area contributed by atoms with Crippen LogP contribution in [-0.2, 0) is 6.61 Å². The van der Waals surface area contributed by atoms with Crippen molar-refractivity contribution in [3.63, 3.8) is 0 Å². The molecule has 0 aliphatic heterocycles. The number of aromatic nitrogens is 2. The summed E-state index contributed by atoms with van der Waals surface area (Å²) in [6.07, 6.45) is 1.50. The van der Waals surface area contributed by atoms with E-state index in [2.05, 4.69) is 36.7 Å². The van der Waals surface area contributed by atoms with E-state index in [1.165, 1.54) is 13.3 Å². The zero-order valence-electron chi connectivity index (χ0n) is 13.7. The van der Waals surface area contributed by atoms with Crippen LogP contribution in [0.15, 0.2) is 57.6 Å². The first-order chi connectivity index (χ1) is 12.6. The van der Waals surface area contributed by atoms with Crippen molar-refractivity contribution in [3.05, 3.63) is 64.7 Å². The molecule has 9 heteroatoms. The Kier molecular flexibility index (Phi) is 5.69. The fourth-order valence-electron chi connectivity index (χ4n) is 1.98. The lowest BCUT2D eigenvalue weighted by molar-refractivity contribution is 0.0930. The molecule has 0 spiro atoms. The molecule has 0 radical (unpaired) electrons. The highest BCUT2D eigenvalue weighted by molar-refractivity contribution is 9.10. The second-order valence-electron chi connectivity index (χ2n) is 5.01. The maximum atomic E-state index is 12.1. The van der Waals surface area contributed by atoms with Crippen LogP contribution in [0.3, 0.4) is 0 Å². The van der Waals surface area contributed by atoms with E-state index in [1.807, 2.05) is 24.3 Å². The average Bonchev–Trinajstić information content (AvgIpc) is 3.14. The van der Waals surface area contributed by atoms with E-state index in [0.29, 0.717) is 17.4 Å². The summed E-state index contributed by atoms with van der Waals surface area (Å²) in [5, 5.41) is 0. The number of hydrazine groups is 1. The van der Waals surface area contributed by atoms with Crippen molar-refractivity contribution in [2.75, 3.05) is 12.5 Å². The van der Waals surface area contributed by atoms with Crippen molar-refractivity contribution >= 4 is 27.8 Å². The number of benzene rings is 1. The summed E-state index contributed by atoms with van der Waals surface area (Å²) >= 11 is 3.38. The zero-order valence-corrected chi connectivity index (χ0v) is 15.3. The number of nitrogens with zero attached hydrogens (tertiary/aromatic N) is 2. The molecule has 0 fully saturated rings. The zero-order chi connectivity index (χ0) is 18.4. The SMILES string of the molecule is COc1ccnc(NNC(=O)c2ccc(COc3cccc(Br)c3)o2)n1. The third kappa shape index (κ3) is 4.73. The maximum absolute atomic E-state index is 12.1. The van der Waals surface area contributed by atoms with Crippen molar-refractivity contribution in [2.24, 2.45) is 0 Å². The van der Waals surface area contributed by atoms with Crippen LogP contribution >= 0.6 is 15.9 Å². The molecule has 0 bridgehead atoms. The van der Waals surface area contributed by atoms with Crippen molar-refractivity contribution in [1.29, 1.82) is 0 Å². The minimum absolute atomic E-state index is 0.133. The molecule has 2 aromatic heterocycles. The molecular weight excluding hydrogens is 404 g/mol. The van der Waals surface area contributed by atoms with Crippen LogP contribution in [0.1, 0.15) is 16.3 Å². The van der Waals surface area contributed by atoms with Gasteiger partial charge in [-0.1, -0.05) is 22.0 Å². The Morgan fingerprint density at radius 1 is 1.27 bits per heavy atom. The number of rotatable bonds is 7. The van der Waals surface area contributed by atoms with Crippen LogP contribution in [0.4, 0.5) is 5.95 Å². The second-order valence-corrected chi connectivity index (χ2v) is 5.93. The number of nitrogens with one attached hydrogen (secondary N) is 2. The average molecular weight is 419 g/mol. The number of carbonyl (C=O) groups excluding carboxylic acids is 1. The highest BCUT2D eigenvalue weighted by Crippen LogP contribution is 2.19. The molecule has 0 unspecified atom stereocenters. The summed E-state index contributed by atoms with van der Waals surface area (Å²) in [7, 11) is 1.49. The van der Waals surface area contributed by atoms with E-state index >= 15 is 0 Å². The fourth-order valence-corrected chi connectivity index (χ4v) is 2.36. The highest BCUT2D eigenvalue weighted by Gasteiger charge is 2.12. The summed E-state index contributed by atoms with van der Waals surface area (Å²) in [4.78, 5) is 20.1. The quantitative estimate of drug-likeness (QED) is 0.568. The molecule has 0 saturated heterocycles. The summed E-state index contributed by atoms with van der Waals surface area (Å²) in [5.41, 5.74) is 5.04. The van der Waals surface area contributed by atoms with Gasteiger partial charge in [-0.3, -0.25) is 15.6 Å². The molecular formula is C17H15BrN4O4. The van der Waals surface area contributed by atoms with Crippen molar-refractivity contribution in [1.82, 2.24) is 15.4 Å². The lowest BCUT2D eigenvalue weighted by Crippen LogP contribution is -2.30. The van der Waals surface area contributed by atoms with Gasteiger partial charge in [-0.05, 0) is 30.3 Å². The largest absolute Gasteiger partial charge is 0.486 e. The van der Waals surface area contributed by atoms with Gasteiger partial charge >= 0.3 is 5.91 Å². The van der Waals surface area contributed by atoms with Crippen molar-refractivity contribution in [3.8, 4) is 11.6 Å². The molecule has 1 aromatic carbocycles. The molecule has 134 valence electrons. The molecule has 2 N–H and O–H groups in total. The monoisotopic (exact) mass is 418 g/mol. The van der Waals surface area contributed by atoms with E-state index in [4.69, 9.17) is 13.9 Å². The van der Waals surface area contributed by atoms with E-state index in [0.717, 1.165) is 4.47 Å². The number of carbonyl (C=O) groups is 1. The number of anilines is 1. The normalized spacial score (nSPS) is 10.2. The fraction of sp³-hybridized carbons (Fsp3) is 0.118. The van der Waals surface area contributed by atoms with E-state index in [1.54, 1.807) is 18.2 Å².